The lowest BCUT2D eigenvalue weighted by Gasteiger charge is -2.30. The molecule has 1 aromatic rings. The second-order valence-electron chi connectivity index (χ2n) is 5.05. The van der Waals surface area contributed by atoms with E-state index in [2.05, 4.69) is 4.90 Å². The van der Waals surface area contributed by atoms with Gasteiger partial charge in [-0.2, -0.15) is 0 Å². The first-order valence-electron chi connectivity index (χ1n) is 6.40. The first kappa shape index (κ1) is 14.3. The van der Waals surface area contributed by atoms with Gasteiger partial charge in [0.1, 0.15) is 5.75 Å². The number of likely N-dealkylation sites (tertiary alicyclic amines) is 1. The molecule has 104 valence electrons. The molecule has 4 nitrogen and oxygen atoms in total. The zero-order valence-electron chi connectivity index (χ0n) is 10.9. The number of halogens is 1. The molecule has 0 bridgehead atoms. The lowest BCUT2D eigenvalue weighted by molar-refractivity contribution is 0.0664. The van der Waals surface area contributed by atoms with Gasteiger partial charge in [0.25, 0.3) is 0 Å². The number of Topliss-reactive ketones (excluding diaryl/α,β-unsaturated/α-hetero) is 1. The van der Waals surface area contributed by atoms with Crippen LogP contribution < -0.4 is 0 Å². The zero-order chi connectivity index (χ0) is 14.0. The van der Waals surface area contributed by atoms with Crippen molar-refractivity contribution in [3.8, 4) is 5.75 Å². The third-order valence-corrected chi connectivity index (χ3v) is 3.63. The number of benzene rings is 1. The molecule has 0 aliphatic carbocycles. The molecular formula is C14H18ClNO3. The number of rotatable bonds is 3. The SMILES string of the molecule is CC(=O)c1cc(Cl)cc(CN2CCCC(O)C2)c1O. The van der Waals surface area contributed by atoms with Crippen LogP contribution in [-0.4, -0.2) is 40.1 Å². The van der Waals surface area contributed by atoms with Crippen molar-refractivity contribution in [2.24, 2.45) is 0 Å². The van der Waals surface area contributed by atoms with Crippen molar-refractivity contribution >= 4 is 17.4 Å². The Balaban J connectivity index is 2.22. The van der Waals surface area contributed by atoms with Crippen molar-refractivity contribution in [2.45, 2.75) is 32.4 Å². The summed E-state index contributed by atoms with van der Waals surface area (Å²) in [6.45, 7) is 3.35. The maximum absolute atomic E-state index is 11.4. The summed E-state index contributed by atoms with van der Waals surface area (Å²) in [7, 11) is 0. The Kier molecular flexibility index (Phi) is 4.45. The number of ketones is 1. The van der Waals surface area contributed by atoms with Crippen LogP contribution in [0.1, 0.15) is 35.7 Å². The average Bonchev–Trinajstić information content (AvgIpc) is 2.33. The molecule has 1 aromatic carbocycles. The summed E-state index contributed by atoms with van der Waals surface area (Å²) >= 11 is 5.98. The summed E-state index contributed by atoms with van der Waals surface area (Å²) in [6.07, 6.45) is 1.43. The molecule has 1 atom stereocenters. The van der Waals surface area contributed by atoms with Crippen molar-refractivity contribution in [1.29, 1.82) is 0 Å². The fourth-order valence-electron chi connectivity index (χ4n) is 2.46. The van der Waals surface area contributed by atoms with Crippen molar-refractivity contribution in [1.82, 2.24) is 4.90 Å². The minimum absolute atomic E-state index is 0.00281. The van der Waals surface area contributed by atoms with Gasteiger partial charge in [-0.3, -0.25) is 9.69 Å². The van der Waals surface area contributed by atoms with E-state index >= 15 is 0 Å². The van der Waals surface area contributed by atoms with Crippen LogP contribution in [0.4, 0.5) is 0 Å². The van der Waals surface area contributed by atoms with Crippen LogP contribution in [0.15, 0.2) is 12.1 Å². The largest absolute Gasteiger partial charge is 0.507 e. The third-order valence-electron chi connectivity index (χ3n) is 3.41. The molecule has 0 saturated carbocycles. The molecule has 0 spiro atoms. The van der Waals surface area contributed by atoms with E-state index in [9.17, 15) is 15.0 Å². The number of phenols is 1. The molecule has 0 aromatic heterocycles. The number of carbonyl (C=O) groups is 1. The predicted octanol–water partition coefficient (Wildman–Crippen LogP) is 2.20. The van der Waals surface area contributed by atoms with E-state index in [1.54, 1.807) is 6.07 Å². The number of hydrogen-bond acceptors (Lipinski definition) is 4. The lowest BCUT2D eigenvalue weighted by atomic mass is 10.0. The Hall–Kier alpha value is -1.10. The molecule has 1 fully saturated rings. The number of nitrogens with zero attached hydrogens (tertiary/aromatic N) is 1. The van der Waals surface area contributed by atoms with E-state index in [0.717, 1.165) is 19.4 Å². The molecule has 2 N–H and O–H groups in total. The van der Waals surface area contributed by atoms with Gasteiger partial charge in [-0.1, -0.05) is 11.6 Å². The van der Waals surface area contributed by atoms with E-state index in [-0.39, 0.29) is 23.2 Å². The third kappa shape index (κ3) is 3.47. The molecule has 0 amide bonds. The highest BCUT2D eigenvalue weighted by molar-refractivity contribution is 6.31. The van der Waals surface area contributed by atoms with Crippen molar-refractivity contribution in [3.63, 3.8) is 0 Å². The number of aliphatic hydroxyl groups is 1. The molecule has 1 heterocycles. The lowest BCUT2D eigenvalue weighted by Crippen LogP contribution is -2.37. The summed E-state index contributed by atoms with van der Waals surface area (Å²) in [5, 5.41) is 20.2. The van der Waals surface area contributed by atoms with E-state index in [4.69, 9.17) is 11.6 Å². The second-order valence-corrected chi connectivity index (χ2v) is 5.48. The van der Waals surface area contributed by atoms with Crippen molar-refractivity contribution < 1.29 is 15.0 Å². The Labute approximate surface area is 117 Å². The minimum Gasteiger partial charge on any atom is -0.507 e. The fraction of sp³-hybridized carbons (Fsp3) is 0.500. The molecule has 19 heavy (non-hydrogen) atoms. The second kappa shape index (κ2) is 5.90. The van der Waals surface area contributed by atoms with Crippen LogP contribution in [0.5, 0.6) is 5.75 Å². The van der Waals surface area contributed by atoms with Gasteiger partial charge in [0.15, 0.2) is 5.78 Å². The molecular weight excluding hydrogens is 266 g/mol. The Bertz CT molecular complexity index is 490. The Morgan fingerprint density at radius 3 is 2.89 bits per heavy atom. The Morgan fingerprint density at radius 1 is 1.53 bits per heavy atom. The highest BCUT2D eigenvalue weighted by Gasteiger charge is 2.20. The molecule has 1 saturated heterocycles. The molecule has 1 unspecified atom stereocenters. The van der Waals surface area contributed by atoms with Gasteiger partial charge >= 0.3 is 0 Å². The summed E-state index contributed by atoms with van der Waals surface area (Å²) in [5.41, 5.74) is 0.881. The molecule has 2 rings (SSSR count). The zero-order valence-corrected chi connectivity index (χ0v) is 11.7. The number of carbonyl (C=O) groups excluding carboxylic acids is 1. The highest BCUT2D eigenvalue weighted by atomic mass is 35.5. The number of piperidine rings is 1. The molecule has 5 heteroatoms. The van der Waals surface area contributed by atoms with Crippen LogP contribution in [0.2, 0.25) is 5.02 Å². The summed E-state index contributed by atoms with van der Waals surface area (Å²) < 4.78 is 0. The Morgan fingerprint density at radius 2 is 2.26 bits per heavy atom. The maximum atomic E-state index is 11.4. The van der Waals surface area contributed by atoms with Gasteiger partial charge in [-0.25, -0.2) is 0 Å². The number of β-amino-alcohol motifs (C(OH)–C–C–N with tert-alkyl or cyclic N) is 1. The van der Waals surface area contributed by atoms with Crippen LogP contribution >= 0.6 is 11.6 Å². The summed E-state index contributed by atoms with van der Waals surface area (Å²) in [5.74, 6) is -0.211. The smallest absolute Gasteiger partial charge is 0.163 e. The van der Waals surface area contributed by atoms with Gasteiger partial charge in [0.05, 0.1) is 11.7 Å². The number of aromatic hydroxyl groups is 1. The quantitative estimate of drug-likeness (QED) is 0.835. The highest BCUT2D eigenvalue weighted by Crippen LogP contribution is 2.29. The number of hydrogen-bond donors (Lipinski definition) is 2. The topological polar surface area (TPSA) is 60.8 Å². The summed E-state index contributed by atoms with van der Waals surface area (Å²) in [4.78, 5) is 13.5. The van der Waals surface area contributed by atoms with Gasteiger partial charge in [0, 0.05) is 23.7 Å². The summed E-state index contributed by atoms with van der Waals surface area (Å²) in [6, 6.07) is 3.15. The first-order valence-corrected chi connectivity index (χ1v) is 6.78. The molecule has 1 aliphatic rings. The molecule has 1 aliphatic heterocycles. The minimum atomic E-state index is -0.317. The maximum Gasteiger partial charge on any atom is 0.163 e. The van der Waals surface area contributed by atoms with E-state index in [1.165, 1.54) is 13.0 Å². The van der Waals surface area contributed by atoms with E-state index in [0.29, 0.717) is 23.7 Å². The van der Waals surface area contributed by atoms with Crippen LogP contribution in [-0.2, 0) is 6.54 Å². The van der Waals surface area contributed by atoms with Gasteiger partial charge in [-0.15, -0.1) is 0 Å². The van der Waals surface area contributed by atoms with E-state index in [1.807, 2.05) is 0 Å². The van der Waals surface area contributed by atoms with Crippen LogP contribution in [0, 0.1) is 0 Å². The van der Waals surface area contributed by atoms with Gasteiger partial charge in [-0.05, 0) is 38.4 Å². The van der Waals surface area contributed by atoms with Gasteiger partial charge < -0.3 is 10.2 Å². The van der Waals surface area contributed by atoms with Crippen LogP contribution in [0.25, 0.3) is 0 Å². The normalized spacial score (nSPS) is 20.5. The first-order chi connectivity index (χ1) is 8.97. The van der Waals surface area contributed by atoms with Gasteiger partial charge in [0.2, 0.25) is 0 Å². The average molecular weight is 284 g/mol. The van der Waals surface area contributed by atoms with Crippen LogP contribution in [0.3, 0.4) is 0 Å². The van der Waals surface area contributed by atoms with Crippen molar-refractivity contribution in [2.75, 3.05) is 13.1 Å². The van der Waals surface area contributed by atoms with Crippen molar-refractivity contribution in [3.05, 3.63) is 28.3 Å². The number of phenolic OH excluding ortho intramolecular Hbond substituents is 1. The molecule has 0 radical (unpaired) electrons. The number of aliphatic hydroxyl groups excluding tert-OH is 1. The fourth-order valence-corrected chi connectivity index (χ4v) is 2.70. The standard InChI is InChI=1S/C14H18ClNO3/c1-9(17)13-6-11(15)5-10(14(13)19)7-16-4-2-3-12(18)8-16/h5-6,12,18-19H,2-4,7-8H2,1H3. The van der Waals surface area contributed by atoms with E-state index < -0.39 is 0 Å². The monoisotopic (exact) mass is 283 g/mol. The predicted molar refractivity (Wildman–Crippen MR) is 73.6 cm³/mol.